The third kappa shape index (κ3) is 5.57. The summed E-state index contributed by atoms with van der Waals surface area (Å²) < 4.78 is 41.5. The molecule has 5 nitrogen and oxygen atoms in total. The van der Waals surface area contributed by atoms with Crippen LogP contribution >= 0.6 is 0 Å². The van der Waals surface area contributed by atoms with Crippen molar-refractivity contribution in [1.29, 1.82) is 0 Å². The number of carbonyl (C=O) groups excluding carboxylic acids is 1. The van der Waals surface area contributed by atoms with E-state index in [0.717, 1.165) is 11.1 Å². The molecule has 3 aromatic rings. The van der Waals surface area contributed by atoms with Crippen LogP contribution in [0.1, 0.15) is 22.3 Å². The quantitative estimate of drug-likeness (QED) is 0.585. The molecule has 0 heterocycles. The van der Waals surface area contributed by atoms with Gasteiger partial charge in [-0.15, -0.1) is 0 Å². The van der Waals surface area contributed by atoms with E-state index in [1.54, 1.807) is 13.8 Å². The number of anilines is 1. The van der Waals surface area contributed by atoms with Crippen molar-refractivity contribution in [3.05, 3.63) is 94.8 Å². The normalized spacial score (nSPS) is 11.5. The summed E-state index contributed by atoms with van der Waals surface area (Å²) in [6.07, 6.45) is 0. The summed E-state index contributed by atoms with van der Waals surface area (Å²) >= 11 is 0. The molecule has 0 radical (unpaired) electrons. The van der Waals surface area contributed by atoms with Crippen molar-refractivity contribution in [2.45, 2.75) is 32.2 Å². The molecule has 7 heteroatoms. The molecular formula is C24H25FN2O3S. The Morgan fingerprint density at radius 2 is 1.52 bits per heavy atom. The lowest BCUT2D eigenvalue weighted by Crippen LogP contribution is -2.38. The number of rotatable bonds is 7. The molecule has 0 saturated heterocycles. The van der Waals surface area contributed by atoms with Crippen LogP contribution in [0.5, 0.6) is 0 Å². The van der Waals surface area contributed by atoms with E-state index in [9.17, 15) is 17.6 Å². The van der Waals surface area contributed by atoms with Crippen molar-refractivity contribution in [3.8, 4) is 0 Å². The molecule has 3 rings (SSSR count). The van der Waals surface area contributed by atoms with Crippen LogP contribution in [0.15, 0.2) is 71.6 Å². The Balaban J connectivity index is 1.94. The predicted molar refractivity (Wildman–Crippen MR) is 120 cm³/mol. The summed E-state index contributed by atoms with van der Waals surface area (Å²) in [6.45, 7) is 5.10. The average Bonchev–Trinajstić information content (AvgIpc) is 2.69. The van der Waals surface area contributed by atoms with Gasteiger partial charge in [-0.05, 0) is 61.7 Å². The minimum Gasteiger partial charge on any atom is -0.325 e. The SMILES string of the molecule is Cc1cc(C)c(S(=O)(=O)N(CC(=O)Nc2ccc(F)cc2)Cc2ccccc2)c(C)c1. The van der Waals surface area contributed by atoms with E-state index in [-0.39, 0.29) is 18.0 Å². The lowest BCUT2D eigenvalue weighted by atomic mass is 10.1. The Hall–Kier alpha value is -3.03. The maximum absolute atomic E-state index is 13.6. The second kappa shape index (κ2) is 9.41. The third-order valence-electron chi connectivity index (χ3n) is 4.85. The van der Waals surface area contributed by atoms with Crippen molar-refractivity contribution in [2.75, 3.05) is 11.9 Å². The topological polar surface area (TPSA) is 66.5 Å². The second-order valence-electron chi connectivity index (χ2n) is 7.54. The van der Waals surface area contributed by atoms with Crippen molar-refractivity contribution in [2.24, 2.45) is 0 Å². The Kier molecular flexibility index (Phi) is 6.87. The van der Waals surface area contributed by atoms with Gasteiger partial charge in [-0.3, -0.25) is 4.79 Å². The molecule has 1 N–H and O–H groups in total. The molecule has 0 aliphatic rings. The summed E-state index contributed by atoms with van der Waals surface area (Å²) in [4.78, 5) is 12.9. The van der Waals surface area contributed by atoms with Crippen LogP contribution in [0.3, 0.4) is 0 Å². The first-order valence-corrected chi connectivity index (χ1v) is 11.3. The molecule has 1 amide bonds. The standard InChI is InChI=1S/C24H25FN2O3S/c1-17-13-18(2)24(19(3)14-17)31(29,30)27(15-20-7-5-4-6-8-20)16-23(28)26-22-11-9-21(25)10-12-22/h4-14H,15-16H2,1-3H3,(H,26,28). The van der Waals surface area contributed by atoms with Gasteiger partial charge in [0.2, 0.25) is 15.9 Å². The van der Waals surface area contributed by atoms with Crippen LogP contribution in [0, 0.1) is 26.6 Å². The molecule has 0 unspecified atom stereocenters. The van der Waals surface area contributed by atoms with Gasteiger partial charge in [-0.25, -0.2) is 12.8 Å². The van der Waals surface area contributed by atoms with Crippen molar-refractivity contribution < 1.29 is 17.6 Å². The van der Waals surface area contributed by atoms with E-state index in [0.29, 0.717) is 16.8 Å². The number of amides is 1. The van der Waals surface area contributed by atoms with E-state index in [2.05, 4.69) is 5.32 Å². The lowest BCUT2D eigenvalue weighted by Gasteiger charge is -2.24. The fourth-order valence-corrected chi connectivity index (χ4v) is 5.41. The number of halogens is 1. The first kappa shape index (κ1) is 22.7. The summed E-state index contributed by atoms with van der Waals surface area (Å²) in [5, 5.41) is 2.64. The summed E-state index contributed by atoms with van der Waals surface area (Å²) in [7, 11) is -3.96. The molecule has 0 fully saturated rings. The highest BCUT2D eigenvalue weighted by Crippen LogP contribution is 2.26. The van der Waals surface area contributed by atoms with Gasteiger partial charge in [0, 0.05) is 12.2 Å². The second-order valence-corrected chi connectivity index (χ2v) is 9.42. The fourth-order valence-electron chi connectivity index (χ4n) is 3.61. The lowest BCUT2D eigenvalue weighted by molar-refractivity contribution is -0.116. The maximum Gasteiger partial charge on any atom is 0.244 e. The number of nitrogens with zero attached hydrogens (tertiary/aromatic N) is 1. The van der Waals surface area contributed by atoms with E-state index in [1.165, 1.54) is 28.6 Å². The largest absolute Gasteiger partial charge is 0.325 e. The zero-order valence-electron chi connectivity index (χ0n) is 17.7. The van der Waals surface area contributed by atoms with Crippen LogP contribution in [0.4, 0.5) is 10.1 Å². The first-order valence-electron chi connectivity index (χ1n) is 9.84. The van der Waals surface area contributed by atoms with Gasteiger partial charge >= 0.3 is 0 Å². The van der Waals surface area contributed by atoms with Crippen molar-refractivity contribution >= 4 is 21.6 Å². The van der Waals surface area contributed by atoms with Gasteiger partial charge in [0.1, 0.15) is 5.82 Å². The summed E-state index contributed by atoms with van der Waals surface area (Å²) in [5.74, 6) is -0.926. The van der Waals surface area contributed by atoms with Gasteiger partial charge in [0.15, 0.2) is 0 Å². The Bertz CT molecular complexity index is 1150. The summed E-state index contributed by atoms with van der Waals surface area (Å²) in [6, 6.07) is 18.1. The monoisotopic (exact) mass is 440 g/mol. The van der Waals surface area contributed by atoms with Crippen LogP contribution in [0.2, 0.25) is 0 Å². The van der Waals surface area contributed by atoms with E-state index in [4.69, 9.17) is 0 Å². The number of hydrogen-bond donors (Lipinski definition) is 1. The van der Waals surface area contributed by atoms with Crippen molar-refractivity contribution in [3.63, 3.8) is 0 Å². The zero-order chi connectivity index (χ0) is 22.6. The van der Waals surface area contributed by atoms with E-state index < -0.39 is 21.7 Å². The Morgan fingerprint density at radius 3 is 2.10 bits per heavy atom. The van der Waals surface area contributed by atoms with Gasteiger partial charge in [-0.1, -0.05) is 48.0 Å². The number of benzene rings is 3. The van der Waals surface area contributed by atoms with E-state index in [1.807, 2.05) is 49.4 Å². The minimum atomic E-state index is -3.96. The van der Waals surface area contributed by atoms with Crippen LogP contribution < -0.4 is 5.32 Å². The number of sulfonamides is 1. The van der Waals surface area contributed by atoms with Gasteiger partial charge in [0.25, 0.3) is 0 Å². The molecule has 0 aliphatic heterocycles. The molecule has 162 valence electrons. The molecule has 0 spiro atoms. The van der Waals surface area contributed by atoms with Gasteiger partial charge in [-0.2, -0.15) is 4.31 Å². The summed E-state index contributed by atoms with van der Waals surface area (Å²) in [5.41, 5.74) is 3.40. The molecule has 0 saturated carbocycles. The van der Waals surface area contributed by atoms with Crippen LogP contribution in [-0.4, -0.2) is 25.2 Å². The highest BCUT2D eigenvalue weighted by molar-refractivity contribution is 7.89. The molecule has 31 heavy (non-hydrogen) atoms. The predicted octanol–water partition coefficient (Wildman–Crippen LogP) is 4.58. The van der Waals surface area contributed by atoms with Crippen LogP contribution in [0.25, 0.3) is 0 Å². The number of nitrogens with one attached hydrogen (secondary N) is 1. The highest BCUT2D eigenvalue weighted by Gasteiger charge is 2.30. The number of carbonyl (C=O) groups is 1. The molecule has 0 aliphatic carbocycles. The molecule has 0 atom stereocenters. The average molecular weight is 441 g/mol. The van der Waals surface area contributed by atoms with Crippen molar-refractivity contribution in [1.82, 2.24) is 4.31 Å². The molecule has 0 bridgehead atoms. The smallest absolute Gasteiger partial charge is 0.244 e. The van der Waals surface area contributed by atoms with Gasteiger partial charge < -0.3 is 5.32 Å². The minimum absolute atomic E-state index is 0.0484. The number of aryl methyl sites for hydroxylation is 3. The maximum atomic E-state index is 13.6. The van der Waals surface area contributed by atoms with E-state index >= 15 is 0 Å². The molecule has 0 aromatic heterocycles. The molecular weight excluding hydrogens is 415 g/mol. The number of hydrogen-bond acceptors (Lipinski definition) is 3. The Labute approximate surface area is 182 Å². The highest BCUT2D eigenvalue weighted by atomic mass is 32.2. The van der Waals surface area contributed by atoms with Gasteiger partial charge in [0.05, 0.1) is 11.4 Å². The first-order chi connectivity index (χ1) is 14.7. The van der Waals surface area contributed by atoms with Crippen LogP contribution in [-0.2, 0) is 21.4 Å². The zero-order valence-corrected chi connectivity index (χ0v) is 18.5. The Morgan fingerprint density at radius 1 is 0.935 bits per heavy atom. The third-order valence-corrected chi connectivity index (χ3v) is 6.95. The fraction of sp³-hybridized carbons (Fsp3) is 0.208. The molecule has 3 aromatic carbocycles.